The van der Waals surface area contributed by atoms with Crippen molar-refractivity contribution in [1.29, 1.82) is 0 Å². The first-order valence-electron chi connectivity index (χ1n) is 7.68. The standard InChI is InChI=1S/C15H24N4O3/c1-10-14(11(2)18(3)17-10)12-6-5-9-19(12)15(22)16-8-4-7-13(20)21/h12H,4-9H2,1-3H3,(H,16,22)(H,20,21). The Labute approximate surface area is 130 Å². The molecule has 2 amide bonds. The normalized spacial score (nSPS) is 17.8. The van der Waals surface area contributed by atoms with Gasteiger partial charge < -0.3 is 15.3 Å². The fourth-order valence-corrected chi connectivity index (χ4v) is 3.12. The molecule has 1 aliphatic heterocycles. The summed E-state index contributed by atoms with van der Waals surface area (Å²) in [7, 11) is 1.91. The summed E-state index contributed by atoms with van der Waals surface area (Å²) in [5, 5.41) is 15.9. The Kier molecular flexibility index (Phi) is 5.05. The lowest BCUT2D eigenvalue weighted by molar-refractivity contribution is -0.137. The summed E-state index contributed by atoms with van der Waals surface area (Å²) in [4.78, 5) is 24.7. The third-order valence-corrected chi connectivity index (χ3v) is 4.26. The zero-order valence-corrected chi connectivity index (χ0v) is 13.4. The minimum Gasteiger partial charge on any atom is -0.481 e. The molecule has 1 saturated heterocycles. The van der Waals surface area contributed by atoms with Crippen LogP contribution < -0.4 is 5.32 Å². The Balaban J connectivity index is 2.01. The molecule has 22 heavy (non-hydrogen) atoms. The van der Waals surface area contributed by atoms with E-state index in [0.717, 1.165) is 36.3 Å². The Hall–Kier alpha value is -2.05. The molecule has 2 heterocycles. The van der Waals surface area contributed by atoms with Gasteiger partial charge in [0.05, 0.1) is 11.7 Å². The number of urea groups is 1. The number of carbonyl (C=O) groups is 2. The van der Waals surface area contributed by atoms with Crippen molar-refractivity contribution in [2.75, 3.05) is 13.1 Å². The smallest absolute Gasteiger partial charge is 0.317 e. The van der Waals surface area contributed by atoms with Crippen LogP contribution in [0.1, 0.15) is 48.7 Å². The fourth-order valence-electron chi connectivity index (χ4n) is 3.12. The predicted molar refractivity (Wildman–Crippen MR) is 81.6 cm³/mol. The van der Waals surface area contributed by atoms with Crippen LogP contribution in [0.5, 0.6) is 0 Å². The summed E-state index contributed by atoms with van der Waals surface area (Å²) < 4.78 is 1.85. The molecule has 1 fully saturated rings. The van der Waals surface area contributed by atoms with Crippen molar-refractivity contribution in [2.45, 2.75) is 45.6 Å². The zero-order valence-electron chi connectivity index (χ0n) is 13.4. The van der Waals surface area contributed by atoms with E-state index < -0.39 is 5.97 Å². The quantitative estimate of drug-likeness (QED) is 0.811. The molecule has 0 saturated carbocycles. The van der Waals surface area contributed by atoms with E-state index >= 15 is 0 Å². The second-order valence-electron chi connectivity index (χ2n) is 5.79. The Bertz CT molecular complexity index is 567. The highest BCUT2D eigenvalue weighted by Gasteiger charge is 2.33. The second-order valence-corrected chi connectivity index (χ2v) is 5.79. The van der Waals surface area contributed by atoms with Gasteiger partial charge in [0, 0.05) is 37.8 Å². The van der Waals surface area contributed by atoms with Crippen LogP contribution >= 0.6 is 0 Å². The highest BCUT2D eigenvalue weighted by molar-refractivity contribution is 5.75. The third-order valence-electron chi connectivity index (χ3n) is 4.26. The molecule has 1 aromatic heterocycles. The van der Waals surface area contributed by atoms with Gasteiger partial charge in [-0.25, -0.2) is 4.79 Å². The highest BCUT2D eigenvalue weighted by atomic mass is 16.4. The van der Waals surface area contributed by atoms with Crippen LogP contribution in [-0.2, 0) is 11.8 Å². The molecular formula is C15H24N4O3. The second kappa shape index (κ2) is 6.81. The van der Waals surface area contributed by atoms with E-state index in [1.807, 2.05) is 30.5 Å². The number of amides is 2. The number of rotatable bonds is 5. The highest BCUT2D eigenvalue weighted by Crippen LogP contribution is 2.35. The van der Waals surface area contributed by atoms with Crippen molar-refractivity contribution in [3.8, 4) is 0 Å². The van der Waals surface area contributed by atoms with Gasteiger partial charge in [-0.3, -0.25) is 9.48 Å². The van der Waals surface area contributed by atoms with E-state index in [0.29, 0.717) is 13.0 Å². The summed E-state index contributed by atoms with van der Waals surface area (Å²) in [5.74, 6) is -0.838. The number of carboxylic acid groups (broad SMARTS) is 1. The number of likely N-dealkylation sites (tertiary alicyclic amines) is 1. The van der Waals surface area contributed by atoms with Gasteiger partial charge in [0.25, 0.3) is 0 Å². The summed E-state index contributed by atoms with van der Waals surface area (Å²) in [6, 6.07) is -0.0521. The average Bonchev–Trinajstić information content (AvgIpc) is 3.00. The average molecular weight is 308 g/mol. The predicted octanol–water partition coefficient (Wildman–Crippen LogP) is 1.75. The van der Waals surface area contributed by atoms with Crippen LogP contribution in [0.15, 0.2) is 0 Å². The molecule has 7 nitrogen and oxygen atoms in total. The molecule has 0 spiro atoms. The van der Waals surface area contributed by atoms with Gasteiger partial charge in [0.2, 0.25) is 0 Å². The lowest BCUT2D eigenvalue weighted by Gasteiger charge is -2.25. The molecular weight excluding hydrogens is 284 g/mol. The summed E-state index contributed by atoms with van der Waals surface area (Å²) in [6.45, 7) is 5.11. The van der Waals surface area contributed by atoms with E-state index in [-0.39, 0.29) is 18.5 Å². The maximum absolute atomic E-state index is 12.3. The van der Waals surface area contributed by atoms with Crippen molar-refractivity contribution in [2.24, 2.45) is 7.05 Å². The topological polar surface area (TPSA) is 87.5 Å². The maximum atomic E-state index is 12.3. The zero-order chi connectivity index (χ0) is 16.3. The lowest BCUT2D eigenvalue weighted by atomic mass is 10.0. The Morgan fingerprint density at radius 3 is 2.73 bits per heavy atom. The van der Waals surface area contributed by atoms with Gasteiger partial charge in [-0.1, -0.05) is 0 Å². The number of aryl methyl sites for hydroxylation is 2. The van der Waals surface area contributed by atoms with Crippen LogP contribution in [0.3, 0.4) is 0 Å². The number of hydrogen-bond donors (Lipinski definition) is 2. The van der Waals surface area contributed by atoms with E-state index in [4.69, 9.17) is 5.11 Å². The van der Waals surface area contributed by atoms with Crippen LogP contribution in [0.2, 0.25) is 0 Å². The van der Waals surface area contributed by atoms with Crippen LogP contribution in [0, 0.1) is 13.8 Å². The van der Waals surface area contributed by atoms with Crippen LogP contribution in [0.25, 0.3) is 0 Å². The molecule has 7 heteroatoms. The molecule has 2 rings (SSSR count). The number of aromatic nitrogens is 2. The first kappa shape index (κ1) is 16.3. The minimum atomic E-state index is -0.838. The fraction of sp³-hybridized carbons (Fsp3) is 0.667. The Morgan fingerprint density at radius 1 is 1.41 bits per heavy atom. The number of aliphatic carboxylic acids is 1. The van der Waals surface area contributed by atoms with Gasteiger partial charge in [0.1, 0.15) is 0 Å². The monoisotopic (exact) mass is 308 g/mol. The van der Waals surface area contributed by atoms with Gasteiger partial charge >= 0.3 is 12.0 Å². The summed E-state index contributed by atoms with van der Waals surface area (Å²) >= 11 is 0. The van der Waals surface area contributed by atoms with Gasteiger partial charge in [-0.05, 0) is 33.1 Å². The molecule has 1 atom stereocenters. The van der Waals surface area contributed by atoms with Crippen molar-refractivity contribution < 1.29 is 14.7 Å². The van der Waals surface area contributed by atoms with E-state index in [1.54, 1.807) is 0 Å². The molecule has 0 bridgehead atoms. The molecule has 122 valence electrons. The van der Waals surface area contributed by atoms with Gasteiger partial charge in [-0.15, -0.1) is 0 Å². The van der Waals surface area contributed by atoms with Crippen LogP contribution in [0.4, 0.5) is 4.79 Å². The van der Waals surface area contributed by atoms with Gasteiger partial charge in [-0.2, -0.15) is 5.10 Å². The number of hydrogen-bond acceptors (Lipinski definition) is 3. The van der Waals surface area contributed by atoms with E-state index in [9.17, 15) is 9.59 Å². The van der Waals surface area contributed by atoms with Crippen molar-refractivity contribution in [1.82, 2.24) is 20.0 Å². The maximum Gasteiger partial charge on any atom is 0.317 e. The van der Waals surface area contributed by atoms with Crippen molar-refractivity contribution in [3.63, 3.8) is 0 Å². The van der Waals surface area contributed by atoms with E-state index in [1.165, 1.54) is 0 Å². The van der Waals surface area contributed by atoms with Gasteiger partial charge in [0.15, 0.2) is 0 Å². The van der Waals surface area contributed by atoms with Crippen molar-refractivity contribution in [3.05, 3.63) is 17.0 Å². The van der Waals surface area contributed by atoms with E-state index in [2.05, 4.69) is 10.4 Å². The first-order chi connectivity index (χ1) is 10.4. The van der Waals surface area contributed by atoms with Crippen LogP contribution in [-0.4, -0.2) is 44.9 Å². The third kappa shape index (κ3) is 3.40. The molecule has 0 aromatic carbocycles. The van der Waals surface area contributed by atoms with Crippen molar-refractivity contribution >= 4 is 12.0 Å². The number of carboxylic acids is 1. The molecule has 1 aromatic rings. The molecule has 1 aliphatic rings. The Morgan fingerprint density at radius 2 is 2.14 bits per heavy atom. The number of nitrogens with zero attached hydrogens (tertiary/aromatic N) is 3. The molecule has 0 radical (unpaired) electrons. The minimum absolute atomic E-state index is 0.0631. The lowest BCUT2D eigenvalue weighted by Crippen LogP contribution is -2.40. The largest absolute Gasteiger partial charge is 0.481 e. The number of nitrogens with one attached hydrogen (secondary N) is 1. The molecule has 1 unspecified atom stereocenters. The molecule has 0 aliphatic carbocycles. The molecule has 2 N–H and O–H groups in total. The SMILES string of the molecule is Cc1nn(C)c(C)c1C1CCCN1C(=O)NCCCC(=O)O. The number of carbonyl (C=O) groups excluding carboxylic acids is 1. The summed E-state index contributed by atoms with van der Waals surface area (Å²) in [5.41, 5.74) is 3.20. The first-order valence-corrected chi connectivity index (χ1v) is 7.68. The summed E-state index contributed by atoms with van der Waals surface area (Å²) in [6.07, 6.45) is 2.44.